The topological polar surface area (TPSA) is 86.5 Å². The van der Waals surface area contributed by atoms with Gasteiger partial charge in [0, 0.05) is 0 Å². The zero-order chi connectivity index (χ0) is 10.1. The van der Waals surface area contributed by atoms with Crippen LogP contribution in [0.3, 0.4) is 0 Å². The fourth-order valence-corrected chi connectivity index (χ4v) is 2.79. The molecule has 0 unspecified atom stereocenters. The van der Waals surface area contributed by atoms with Gasteiger partial charge < -0.3 is 4.74 Å². The second-order valence-corrected chi connectivity index (χ2v) is 5.05. The highest BCUT2D eigenvalue weighted by molar-refractivity contribution is 7.89. The van der Waals surface area contributed by atoms with Crippen molar-refractivity contribution in [1.82, 2.24) is 0 Å². The van der Waals surface area contributed by atoms with E-state index in [1.165, 1.54) is 7.11 Å². The number of nitrogens with two attached hydrogens (primary N) is 1. The van der Waals surface area contributed by atoms with Crippen LogP contribution in [0.15, 0.2) is 0 Å². The molecule has 0 amide bonds. The second-order valence-electron chi connectivity index (χ2n) is 3.43. The molecule has 0 spiro atoms. The van der Waals surface area contributed by atoms with Crippen LogP contribution in [-0.2, 0) is 19.6 Å². The molecule has 0 aliphatic heterocycles. The number of carbonyl (C=O) groups excluding carboxylic acids is 1. The summed E-state index contributed by atoms with van der Waals surface area (Å²) in [5.74, 6) is -0.764. The third kappa shape index (κ3) is 2.19. The van der Waals surface area contributed by atoms with E-state index in [0.29, 0.717) is 12.8 Å². The third-order valence-corrected chi connectivity index (χ3v) is 3.36. The Bertz CT molecular complexity index is 304. The number of hydrogen-bond acceptors (Lipinski definition) is 4. The van der Waals surface area contributed by atoms with Crippen molar-refractivity contribution >= 4 is 16.0 Å². The maximum atomic E-state index is 11.3. The van der Waals surface area contributed by atoms with E-state index in [0.717, 1.165) is 6.42 Å². The first-order valence-corrected chi connectivity index (χ1v) is 5.70. The number of primary sulfonamides is 1. The van der Waals surface area contributed by atoms with Crippen LogP contribution in [0.2, 0.25) is 0 Å². The average Bonchev–Trinajstić information content (AvgIpc) is 1.93. The highest BCUT2D eigenvalue weighted by Gasteiger charge is 2.47. The molecular formula is C7H13NO4S. The van der Waals surface area contributed by atoms with Crippen LogP contribution in [0.1, 0.15) is 19.3 Å². The Labute approximate surface area is 77.3 Å². The van der Waals surface area contributed by atoms with Crippen LogP contribution in [0, 0.1) is 5.41 Å². The van der Waals surface area contributed by atoms with Gasteiger partial charge in [-0.05, 0) is 12.8 Å². The van der Waals surface area contributed by atoms with Crippen LogP contribution < -0.4 is 5.14 Å². The van der Waals surface area contributed by atoms with Crippen molar-refractivity contribution in [3.63, 3.8) is 0 Å². The van der Waals surface area contributed by atoms with Gasteiger partial charge >= 0.3 is 5.97 Å². The second kappa shape index (κ2) is 3.26. The largest absolute Gasteiger partial charge is 0.469 e. The first kappa shape index (κ1) is 10.5. The number of esters is 1. The Morgan fingerprint density at radius 3 is 2.31 bits per heavy atom. The summed E-state index contributed by atoms with van der Waals surface area (Å²) in [6.07, 6.45) is 1.96. The molecule has 0 heterocycles. The number of sulfonamides is 1. The van der Waals surface area contributed by atoms with E-state index < -0.39 is 21.4 Å². The first-order valence-electron chi connectivity index (χ1n) is 3.98. The number of rotatable bonds is 3. The van der Waals surface area contributed by atoms with E-state index in [2.05, 4.69) is 4.74 Å². The monoisotopic (exact) mass is 207 g/mol. The number of carbonyl (C=O) groups is 1. The molecule has 0 saturated heterocycles. The Morgan fingerprint density at radius 2 is 2.08 bits per heavy atom. The summed E-state index contributed by atoms with van der Waals surface area (Å²) in [6.45, 7) is 0. The molecule has 0 radical (unpaired) electrons. The van der Waals surface area contributed by atoms with Crippen LogP contribution in [-0.4, -0.2) is 27.2 Å². The summed E-state index contributed by atoms with van der Waals surface area (Å²) >= 11 is 0. The molecule has 1 aliphatic carbocycles. The number of ether oxygens (including phenoxy) is 1. The molecule has 1 saturated carbocycles. The van der Waals surface area contributed by atoms with E-state index in [9.17, 15) is 13.2 Å². The lowest BCUT2D eigenvalue weighted by molar-refractivity contribution is -0.156. The summed E-state index contributed by atoms with van der Waals surface area (Å²) < 4.78 is 26.2. The first-order chi connectivity index (χ1) is 5.90. The lowest BCUT2D eigenvalue weighted by Crippen LogP contribution is -2.46. The molecule has 0 bridgehead atoms. The SMILES string of the molecule is COC(=O)C1(CS(N)(=O)=O)CCC1. The lowest BCUT2D eigenvalue weighted by Gasteiger charge is -2.37. The van der Waals surface area contributed by atoms with Gasteiger partial charge in [0.05, 0.1) is 18.3 Å². The normalized spacial score (nSPS) is 20.5. The van der Waals surface area contributed by atoms with Crippen molar-refractivity contribution in [3.05, 3.63) is 0 Å². The number of hydrogen-bond donors (Lipinski definition) is 1. The highest BCUT2D eigenvalue weighted by Crippen LogP contribution is 2.42. The molecule has 2 N–H and O–H groups in total. The van der Waals surface area contributed by atoms with Crippen molar-refractivity contribution in [3.8, 4) is 0 Å². The summed E-state index contributed by atoms with van der Waals surface area (Å²) in [4.78, 5) is 11.3. The van der Waals surface area contributed by atoms with Gasteiger partial charge in [0.25, 0.3) is 0 Å². The van der Waals surface area contributed by atoms with Crippen LogP contribution in [0.5, 0.6) is 0 Å². The van der Waals surface area contributed by atoms with Gasteiger partial charge in [0.1, 0.15) is 0 Å². The maximum Gasteiger partial charge on any atom is 0.312 e. The van der Waals surface area contributed by atoms with Gasteiger partial charge in [-0.25, -0.2) is 13.6 Å². The van der Waals surface area contributed by atoms with E-state index >= 15 is 0 Å². The highest BCUT2D eigenvalue weighted by atomic mass is 32.2. The molecule has 1 fully saturated rings. The maximum absolute atomic E-state index is 11.3. The van der Waals surface area contributed by atoms with Gasteiger partial charge in [0.15, 0.2) is 0 Å². The minimum atomic E-state index is -3.60. The molecule has 1 rings (SSSR count). The molecule has 5 nitrogen and oxygen atoms in total. The van der Waals surface area contributed by atoms with Crippen molar-refractivity contribution in [1.29, 1.82) is 0 Å². The zero-order valence-corrected chi connectivity index (χ0v) is 8.26. The summed E-state index contributed by atoms with van der Waals surface area (Å²) in [5.41, 5.74) is -0.859. The fraction of sp³-hybridized carbons (Fsp3) is 0.857. The molecule has 6 heteroatoms. The lowest BCUT2D eigenvalue weighted by atomic mass is 9.70. The summed E-state index contributed by atoms with van der Waals surface area (Å²) in [5, 5.41) is 4.89. The van der Waals surface area contributed by atoms with Crippen molar-refractivity contribution in [2.45, 2.75) is 19.3 Å². The van der Waals surface area contributed by atoms with Crippen LogP contribution in [0.25, 0.3) is 0 Å². The Kier molecular flexibility index (Phi) is 2.63. The van der Waals surface area contributed by atoms with Crippen LogP contribution >= 0.6 is 0 Å². The Hall–Kier alpha value is -0.620. The van der Waals surface area contributed by atoms with Crippen molar-refractivity contribution in [2.75, 3.05) is 12.9 Å². The Balaban J connectivity index is 2.77. The molecule has 13 heavy (non-hydrogen) atoms. The molecule has 0 atom stereocenters. The van der Waals surface area contributed by atoms with Gasteiger partial charge in [0.2, 0.25) is 10.0 Å². The molecule has 0 aromatic heterocycles. The Morgan fingerprint density at radius 1 is 1.54 bits per heavy atom. The summed E-state index contributed by atoms with van der Waals surface area (Å²) in [6, 6.07) is 0. The van der Waals surface area contributed by atoms with Gasteiger partial charge in [-0.1, -0.05) is 6.42 Å². The number of methoxy groups -OCH3 is 1. The molecule has 76 valence electrons. The standard InChI is InChI=1S/C7H13NO4S/c1-12-6(9)7(3-2-4-7)5-13(8,10)11/h2-5H2,1H3,(H2,8,10,11). The van der Waals surface area contributed by atoms with E-state index in [-0.39, 0.29) is 5.75 Å². The zero-order valence-electron chi connectivity index (χ0n) is 7.45. The summed E-state index contributed by atoms with van der Waals surface area (Å²) in [7, 11) is -2.34. The van der Waals surface area contributed by atoms with Gasteiger partial charge in [-0.3, -0.25) is 4.79 Å². The fourth-order valence-electron chi connectivity index (χ4n) is 1.61. The minimum absolute atomic E-state index is 0.299. The molecule has 1 aliphatic rings. The quantitative estimate of drug-likeness (QED) is 0.639. The van der Waals surface area contributed by atoms with E-state index in [4.69, 9.17) is 5.14 Å². The smallest absolute Gasteiger partial charge is 0.312 e. The van der Waals surface area contributed by atoms with E-state index in [1.54, 1.807) is 0 Å². The molecular weight excluding hydrogens is 194 g/mol. The van der Waals surface area contributed by atoms with Gasteiger partial charge in [-0.15, -0.1) is 0 Å². The predicted octanol–water partition coefficient (Wildman–Crippen LogP) is -0.382. The van der Waals surface area contributed by atoms with E-state index in [1.807, 2.05) is 0 Å². The minimum Gasteiger partial charge on any atom is -0.469 e. The van der Waals surface area contributed by atoms with Crippen molar-refractivity contribution < 1.29 is 17.9 Å². The van der Waals surface area contributed by atoms with Crippen molar-refractivity contribution in [2.24, 2.45) is 10.6 Å². The predicted molar refractivity (Wildman–Crippen MR) is 46.3 cm³/mol. The molecule has 0 aromatic carbocycles. The third-order valence-electron chi connectivity index (χ3n) is 2.41. The van der Waals surface area contributed by atoms with Crippen LogP contribution in [0.4, 0.5) is 0 Å². The molecule has 0 aromatic rings. The average molecular weight is 207 g/mol. The van der Waals surface area contributed by atoms with Gasteiger partial charge in [-0.2, -0.15) is 0 Å².